The molecule has 0 saturated heterocycles. The van der Waals surface area contributed by atoms with Crippen LogP contribution in [0.3, 0.4) is 0 Å². The maximum Gasteiger partial charge on any atom is 0.307 e. The molecule has 5 heteroatoms. The van der Waals surface area contributed by atoms with Crippen molar-refractivity contribution < 1.29 is 17.9 Å². The zero-order valence-corrected chi connectivity index (χ0v) is 16.5. The highest BCUT2D eigenvalue weighted by atomic mass is 32.2. The molecule has 0 unspecified atom stereocenters. The second-order valence-electron chi connectivity index (χ2n) is 7.85. The number of sulfone groups is 1. The molecule has 0 heterocycles. The van der Waals surface area contributed by atoms with Crippen LogP contribution >= 0.6 is 0 Å². The zero-order chi connectivity index (χ0) is 18.6. The molecular formula is C21H30O4S. The Morgan fingerprint density at radius 2 is 1.62 bits per heavy atom. The fourth-order valence-corrected chi connectivity index (χ4v) is 6.14. The van der Waals surface area contributed by atoms with Crippen molar-refractivity contribution in [3.05, 3.63) is 35.4 Å². The summed E-state index contributed by atoms with van der Waals surface area (Å²) in [4.78, 5) is 12.3. The second-order valence-corrected chi connectivity index (χ2v) is 10.3. The molecule has 0 amide bonds. The lowest BCUT2D eigenvalue weighted by Gasteiger charge is -2.31. The first-order valence-electron chi connectivity index (χ1n) is 9.93. The molecule has 3 rings (SSSR count). The average Bonchev–Trinajstić information content (AvgIpc) is 3.17. The topological polar surface area (TPSA) is 60.4 Å². The highest BCUT2D eigenvalue weighted by molar-refractivity contribution is 7.92. The fourth-order valence-electron chi connectivity index (χ4n) is 4.30. The van der Waals surface area contributed by atoms with E-state index in [2.05, 4.69) is 31.2 Å². The molecule has 0 aromatic heterocycles. The van der Waals surface area contributed by atoms with Crippen molar-refractivity contribution in [1.82, 2.24) is 0 Å². The Balaban J connectivity index is 1.57. The molecule has 2 atom stereocenters. The van der Waals surface area contributed by atoms with E-state index >= 15 is 0 Å². The highest BCUT2D eigenvalue weighted by Gasteiger charge is 2.32. The number of benzene rings is 1. The Morgan fingerprint density at radius 1 is 1.00 bits per heavy atom. The average molecular weight is 379 g/mol. The van der Waals surface area contributed by atoms with Crippen LogP contribution in [0.5, 0.6) is 0 Å². The largest absolute Gasteiger partial charge is 0.462 e. The summed E-state index contributed by atoms with van der Waals surface area (Å²) in [5, 5.41) is -0.245. The van der Waals surface area contributed by atoms with Gasteiger partial charge in [0.25, 0.3) is 0 Å². The number of hydrogen-bond acceptors (Lipinski definition) is 4. The third-order valence-electron chi connectivity index (χ3n) is 5.89. The van der Waals surface area contributed by atoms with E-state index in [4.69, 9.17) is 4.74 Å². The van der Waals surface area contributed by atoms with Crippen molar-refractivity contribution >= 4 is 15.8 Å². The predicted molar refractivity (Wildman–Crippen MR) is 103 cm³/mol. The Labute approximate surface area is 157 Å². The minimum atomic E-state index is -3.17. The van der Waals surface area contributed by atoms with Crippen molar-refractivity contribution in [2.24, 2.45) is 0 Å². The minimum absolute atomic E-state index is 0.0179. The third-order valence-corrected chi connectivity index (χ3v) is 8.15. The lowest BCUT2D eigenvalue weighted by molar-refractivity contribution is -0.151. The molecular weight excluding hydrogens is 348 g/mol. The van der Waals surface area contributed by atoms with E-state index in [0.29, 0.717) is 0 Å². The van der Waals surface area contributed by atoms with Crippen LogP contribution in [0.1, 0.15) is 74.8 Å². The van der Waals surface area contributed by atoms with Gasteiger partial charge < -0.3 is 4.74 Å². The van der Waals surface area contributed by atoms with Crippen molar-refractivity contribution in [3.8, 4) is 0 Å². The molecule has 0 radical (unpaired) electrons. The Hall–Kier alpha value is -1.36. The number of ether oxygens (including phenoxy) is 1. The van der Waals surface area contributed by atoms with Gasteiger partial charge in [0.1, 0.15) is 6.10 Å². The van der Waals surface area contributed by atoms with Gasteiger partial charge in [-0.2, -0.15) is 0 Å². The SMILES string of the molecule is Cc1ccc([C@@H]2CCCC[C@@H]2OC(=O)CCS(=O)(=O)C2CCCC2)cc1. The molecule has 2 saturated carbocycles. The van der Waals surface area contributed by atoms with Gasteiger partial charge >= 0.3 is 5.97 Å². The summed E-state index contributed by atoms with van der Waals surface area (Å²) < 4.78 is 30.4. The van der Waals surface area contributed by atoms with E-state index in [1.54, 1.807) is 0 Å². The van der Waals surface area contributed by atoms with E-state index in [0.717, 1.165) is 51.4 Å². The summed E-state index contributed by atoms with van der Waals surface area (Å²) in [5.74, 6) is -0.214. The number of esters is 1. The number of aryl methyl sites for hydroxylation is 1. The molecule has 0 aliphatic heterocycles. The number of hydrogen-bond donors (Lipinski definition) is 0. The molecule has 1 aromatic carbocycles. The Bertz CT molecular complexity index is 702. The molecule has 26 heavy (non-hydrogen) atoms. The maximum atomic E-state index is 12.3. The van der Waals surface area contributed by atoms with Gasteiger partial charge in [0.05, 0.1) is 17.4 Å². The van der Waals surface area contributed by atoms with Crippen LogP contribution in [-0.4, -0.2) is 31.5 Å². The van der Waals surface area contributed by atoms with Gasteiger partial charge in [-0.25, -0.2) is 8.42 Å². The molecule has 2 aliphatic carbocycles. The number of carbonyl (C=O) groups is 1. The van der Waals surface area contributed by atoms with Gasteiger partial charge in [0.2, 0.25) is 0 Å². The molecule has 0 bridgehead atoms. The summed E-state index contributed by atoms with van der Waals surface area (Å²) in [7, 11) is -3.17. The third kappa shape index (κ3) is 4.87. The lowest BCUT2D eigenvalue weighted by atomic mass is 9.81. The van der Waals surface area contributed by atoms with Gasteiger partial charge in [-0.15, -0.1) is 0 Å². The van der Waals surface area contributed by atoms with Crippen LogP contribution in [0.4, 0.5) is 0 Å². The highest BCUT2D eigenvalue weighted by Crippen LogP contribution is 2.35. The molecule has 144 valence electrons. The van der Waals surface area contributed by atoms with Crippen molar-refractivity contribution in [2.75, 3.05) is 5.75 Å². The van der Waals surface area contributed by atoms with Gasteiger partial charge in [-0.1, -0.05) is 49.1 Å². The molecule has 2 aliphatic rings. The van der Waals surface area contributed by atoms with Gasteiger partial charge in [0.15, 0.2) is 9.84 Å². The van der Waals surface area contributed by atoms with Crippen molar-refractivity contribution in [3.63, 3.8) is 0 Å². The van der Waals surface area contributed by atoms with Crippen LogP contribution < -0.4 is 0 Å². The van der Waals surface area contributed by atoms with Crippen LogP contribution in [0.25, 0.3) is 0 Å². The van der Waals surface area contributed by atoms with Crippen molar-refractivity contribution in [1.29, 1.82) is 0 Å². The molecule has 1 aromatic rings. The monoisotopic (exact) mass is 378 g/mol. The van der Waals surface area contributed by atoms with E-state index in [1.165, 1.54) is 11.1 Å². The Morgan fingerprint density at radius 3 is 2.31 bits per heavy atom. The first-order valence-corrected chi connectivity index (χ1v) is 11.6. The van der Waals surface area contributed by atoms with E-state index in [1.807, 2.05) is 0 Å². The zero-order valence-electron chi connectivity index (χ0n) is 15.7. The predicted octanol–water partition coefficient (Wildman–Crippen LogP) is 4.31. The fraction of sp³-hybridized carbons (Fsp3) is 0.667. The van der Waals surface area contributed by atoms with E-state index in [-0.39, 0.29) is 35.4 Å². The number of carbonyl (C=O) groups excluding carboxylic acids is 1. The quantitative estimate of drug-likeness (QED) is 0.692. The summed E-state index contributed by atoms with van der Waals surface area (Å²) in [6.45, 7) is 2.06. The van der Waals surface area contributed by atoms with E-state index in [9.17, 15) is 13.2 Å². The summed E-state index contributed by atoms with van der Waals surface area (Å²) in [6, 6.07) is 8.43. The van der Waals surface area contributed by atoms with Crippen LogP contribution in [-0.2, 0) is 19.4 Å². The molecule has 0 spiro atoms. The molecule has 2 fully saturated rings. The lowest BCUT2D eigenvalue weighted by Crippen LogP contribution is -2.30. The smallest absolute Gasteiger partial charge is 0.307 e. The Kier molecular flexibility index (Phi) is 6.38. The van der Waals surface area contributed by atoms with Crippen molar-refractivity contribution in [2.45, 2.75) is 82.0 Å². The first-order chi connectivity index (χ1) is 12.5. The van der Waals surface area contributed by atoms with E-state index < -0.39 is 9.84 Å². The standard InChI is InChI=1S/C21H30O4S/c1-16-10-12-17(13-11-16)19-8-4-5-9-20(19)25-21(22)14-15-26(23,24)18-6-2-3-7-18/h10-13,18-20H,2-9,14-15H2,1H3/t19-,20-/m0/s1. The van der Waals surface area contributed by atoms with Gasteiger partial charge in [-0.3, -0.25) is 4.79 Å². The molecule has 4 nitrogen and oxygen atoms in total. The maximum absolute atomic E-state index is 12.3. The van der Waals surface area contributed by atoms with Crippen LogP contribution in [0.2, 0.25) is 0 Å². The van der Waals surface area contributed by atoms with Crippen LogP contribution in [0.15, 0.2) is 24.3 Å². The summed E-state index contributed by atoms with van der Waals surface area (Å²) in [5.41, 5.74) is 2.43. The summed E-state index contributed by atoms with van der Waals surface area (Å²) in [6.07, 6.45) is 7.38. The van der Waals surface area contributed by atoms with Crippen LogP contribution in [0, 0.1) is 6.92 Å². The normalized spacial score (nSPS) is 24.5. The number of rotatable bonds is 6. The second kappa shape index (κ2) is 8.55. The van der Waals surface area contributed by atoms with Gasteiger partial charge in [0, 0.05) is 5.92 Å². The summed E-state index contributed by atoms with van der Waals surface area (Å²) >= 11 is 0. The molecule has 0 N–H and O–H groups in total. The van der Waals surface area contributed by atoms with Gasteiger partial charge in [-0.05, 0) is 44.6 Å². The minimum Gasteiger partial charge on any atom is -0.462 e. The first kappa shape index (κ1) is 19.4.